The highest BCUT2D eigenvalue weighted by molar-refractivity contribution is 9.10. The molecule has 0 saturated carbocycles. The fourth-order valence-corrected chi connectivity index (χ4v) is 2.93. The number of likely N-dealkylation sites (N-methyl/N-ethyl adjacent to an activating group) is 1. The first kappa shape index (κ1) is 15.2. The highest BCUT2D eigenvalue weighted by atomic mass is 79.9. The predicted octanol–water partition coefficient (Wildman–Crippen LogP) is 3.04. The number of nitrogens with one attached hydrogen (secondary N) is 1. The predicted molar refractivity (Wildman–Crippen MR) is 93.9 cm³/mol. The standard InChI is InChI=1S/C16H20BrN5/c1-12-18-15(20-14-5-3-4-13(17)10-14)11-16(19-12)22-8-6-21(2)7-9-22/h3-5,10-11H,6-9H2,1-2H3,(H,18,19,20). The Kier molecular flexibility index (Phi) is 4.59. The van der Waals surface area contributed by atoms with E-state index in [0.29, 0.717) is 0 Å². The van der Waals surface area contributed by atoms with Crippen molar-refractivity contribution in [2.45, 2.75) is 6.92 Å². The van der Waals surface area contributed by atoms with Gasteiger partial charge in [0.1, 0.15) is 17.5 Å². The molecule has 2 aromatic rings. The number of rotatable bonds is 3. The Morgan fingerprint density at radius 1 is 1.09 bits per heavy atom. The molecule has 1 aliphatic heterocycles. The number of hydrogen-bond acceptors (Lipinski definition) is 5. The van der Waals surface area contributed by atoms with E-state index in [9.17, 15) is 0 Å². The van der Waals surface area contributed by atoms with Gasteiger partial charge in [0, 0.05) is 42.4 Å². The van der Waals surface area contributed by atoms with E-state index < -0.39 is 0 Å². The van der Waals surface area contributed by atoms with Crippen LogP contribution in [-0.4, -0.2) is 48.1 Å². The highest BCUT2D eigenvalue weighted by Crippen LogP contribution is 2.22. The Labute approximate surface area is 139 Å². The summed E-state index contributed by atoms with van der Waals surface area (Å²) in [6.07, 6.45) is 0. The lowest BCUT2D eigenvalue weighted by Gasteiger charge is -2.33. The van der Waals surface area contributed by atoms with E-state index in [1.165, 1.54) is 0 Å². The largest absolute Gasteiger partial charge is 0.354 e. The van der Waals surface area contributed by atoms with Gasteiger partial charge in [0.15, 0.2) is 0 Å². The number of aryl methyl sites for hydroxylation is 1. The number of hydrogen-bond donors (Lipinski definition) is 1. The molecule has 0 radical (unpaired) electrons. The molecule has 0 aliphatic carbocycles. The molecule has 5 nitrogen and oxygen atoms in total. The van der Waals surface area contributed by atoms with Gasteiger partial charge in [-0.15, -0.1) is 0 Å². The average Bonchev–Trinajstić information content (AvgIpc) is 2.47. The summed E-state index contributed by atoms with van der Waals surface area (Å²) >= 11 is 3.49. The van der Waals surface area contributed by atoms with E-state index in [0.717, 1.165) is 53.8 Å². The van der Waals surface area contributed by atoms with Gasteiger partial charge in [-0.1, -0.05) is 22.0 Å². The summed E-state index contributed by atoms with van der Waals surface area (Å²) < 4.78 is 1.04. The second kappa shape index (κ2) is 6.62. The lowest BCUT2D eigenvalue weighted by Crippen LogP contribution is -2.44. The minimum Gasteiger partial charge on any atom is -0.354 e. The molecule has 1 fully saturated rings. The van der Waals surface area contributed by atoms with Crippen molar-refractivity contribution in [3.8, 4) is 0 Å². The van der Waals surface area contributed by atoms with Crippen molar-refractivity contribution in [2.75, 3.05) is 43.4 Å². The van der Waals surface area contributed by atoms with Crippen molar-refractivity contribution in [1.29, 1.82) is 0 Å². The van der Waals surface area contributed by atoms with Crippen molar-refractivity contribution in [1.82, 2.24) is 14.9 Å². The van der Waals surface area contributed by atoms with Gasteiger partial charge in [0.05, 0.1) is 0 Å². The van der Waals surface area contributed by atoms with Crippen LogP contribution < -0.4 is 10.2 Å². The maximum Gasteiger partial charge on any atom is 0.136 e. The summed E-state index contributed by atoms with van der Waals surface area (Å²) in [5.41, 5.74) is 1.01. The number of nitrogens with zero attached hydrogens (tertiary/aromatic N) is 4. The number of anilines is 3. The van der Waals surface area contributed by atoms with Crippen molar-refractivity contribution in [3.63, 3.8) is 0 Å². The van der Waals surface area contributed by atoms with Crippen molar-refractivity contribution in [2.24, 2.45) is 0 Å². The van der Waals surface area contributed by atoms with Gasteiger partial charge in [-0.2, -0.15) is 0 Å². The lowest BCUT2D eigenvalue weighted by atomic mass is 10.3. The third-order valence-electron chi connectivity index (χ3n) is 3.75. The smallest absolute Gasteiger partial charge is 0.136 e. The molecule has 0 atom stereocenters. The molecule has 1 N–H and O–H groups in total. The van der Waals surface area contributed by atoms with Gasteiger partial charge in [0.2, 0.25) is 0 Å². The maximum atomic E-state index is 4.59. The Hall–Kier alpha value is -1.66. The fraction of sp³-hybridized carbons (Fsp3) is 0.375. The third-order valence-corrected chi connectivity index (χ3v) is 4.24. The van der Waals surface area contributed by atoms with Crippen LogP contribution in [0, 0.1) is 6.92 Å². The molecular formula is C16H20BrN5. The van der Waals surface area contributed by atoms with Crippen LogP contribution in [0.5, 0.6) is 0 Å². The van der Waals surface area contributed by atoms with Gasteiger partial charge in [-0.05, 0) is 32.2 Å². The van der Waals surface area contributed by atoms with Crippen molar-refractivity contribution >= 4 is 33.3 Å². The zero-order chi connectivity index (χ0) is 15.5. The molecule has 6 heteroatoms. The Bertz CT molecular complexity index is 653. The molecule has 0 unspecified atom stereocenters. The molecule has 0 bridgehead atoms. The van der Waals surface area contributed by atoms with E-state index >= 15 is 0 Å². The zero-order valence-electron chi connectivity index (χ0n) is 12.9. The van der Waals surface area contributed by atoms with Crippen LogP contribution in [0.3, 0.4) is 0 Å². The molecular weight excluding hydrogens is 342 g/mol. The molecule has 1 saturated heterocycles. The SMILES string of the molecule is Cc1nc(Nc2cccc(Br)c2)cc(N2CCN(C)CC2)n1. The second-order valence-electron chi connectivity index (χ2n) is 5.58. The molecule has 1 aromatic heterocycles. The van der Waals surface area contributed by atoms with Crippen molar-refractivity contribution < 1.29 is 0 Å². The minimum absolute atomic E-state index is 0.786. The van der Waals surface area contributed by atoms with Crippen LogP contribution in [0.15, 0.2) is 34.8 Å². The van der Waals surface area contributed by atoms with Crippen LogP contribution in [0.2, 0.25) is 0 Å². The van der Waals surface area contributed by atoms with Gasteiger partial charge in [-0.3, -0.25) is 0 Å². The maximum absolute atomic E-state index is 4.59. The third kappa shape index (κ3) is 3.75. The first-order valence-corrected chi connectivity index (χ1v) is 8.21. The van der Waals surface area contributed by atoms with E-state index in [4.69, 9.17) is 0 Å². The second-order valence-corrected chi connectivity index (χ2v) is 6.50. The lowest BCUT2D eigenvalue weighted by molar-refractivity contribution is 0.312. The number of benzene rings is 1. The summed E-state index contributed by atoms with van der Waals surface area (Å²) in [4.78, 5) is 13.7. The van der Waals surface area contributed by atoms with Gasteiger partial charge in [0.25, 0.3) is 0 Å². The zero-order valence-corrected chi connectivity index (χ0v) is 14.5. The van der Waals surface area contributed by atoms with Crippen LogP contribution >= 0.6 is 15.9 Å². The molecule has 0 amide bonds. The Morgan fingerprint density at radius 3 is 2.59 bits per heavy atom. The van der Waals surface area contributed by atoms with Crippen molar-refractivity contribution in [3.05, 3.63) is 40.6 Å². The molecule has 116 valence electrons. The first-order valence-electron chi connectivity index (χ1n) is 7.42. The molecule has 0 spiro atoms. The fourth-order valence-electron chi connectivity index (χ4n) is 2.53. The van der Waals surface area contributed by atoms with E-state index in [2.05, 4.69) is 48.1 Å². The van der Waals surface area contributed by atoms with E-state index in [1.54, 1.807) is 0 Å². The Balaban J connectivity index is 1.80. The molecule has 22 heavy (non-hydrogen) atoms. The quantitative estimate of drug-likeness (QED) is 0.909. The molecule has 1 aliphatic rings. The molecule has 1 aromatic carbocycles. The molecule has 2 heterocycles. The summed E-state index contributed by atoms with van der Waals surface area (Å²) in [7, 11) is 2.16. The van der Waals surface area contributed by atoms with E-state index in [1.807, 2.05) is 37.3 Å². The number of halogens is 1. The van der Waals surface area contributed by atoms with E-state index in [-0.39, 0.29) is 0 Å². The highest BCUT2D eigenvalue weighted by Gasteiger charge is 2.16. The van der Waals surface area contributed by atoms with Crippen LogP contribution in [0.25, 0.3) is 0 Å². The van der Waals surface area contributed by atoms with Crippen LogP contribution in [0.1, 0.15) is 5.82 Å². The van der Waals surface area contributed by atoms with Crippen LogP contribution in [0.4, 0.5) is 17.3 Å². The monoisotopic (exact) mass is 361 g/mol. The summed E-state index contributed by atoms with van der Waals surface area (Å²) in [6.45, 7) is 6.08. The first-order chi connectivity index (χ1) is 10.6. The normalized spacial score (nSPS) is 15.9. The summed E-state index contributed by atoms with van der Waals surface area (Å²) in [6, 6.07) is 10.1. The Morgan fingerprint density at radius 2 is 1.86 bits per heavy atom. The van der Waals surface area contributed by atoms with Gasteiger partial charge < -0.3 is 15.1 Å². The number of piperazine rings is 1. The topological polar surface area (TPSA) is 44.3 Å². The molecule has 3 rings (SSSR count). The minimum atomic E-state index is 0.786. The summed E-state index contributed by atoms with van der Waals surface area (Å²) in [5.74, 6) is 2.62. The van der Waals surface area contributed by atoms with Crippen LogP contribution in [-0.2, 0) is 0 Å². The number of aromatic nitrogens is 2. The average molecular weight is 362 g/mol. The van der Waals surface area contributed by atoms with Gasteiger partial charge >= 0.3 is 0 Å². The summed E-state index contributed by atoms with van der Waals surface area (Å²) in [5, 5.41) is 3.36. The van der Waals surface area contributed by atoms with Gasteiger partial charge in [-0.25, -0.2) is 9.97 Å².